The molecule has 21 heavy (non-hydrogen) atoms. The maximum atomic E-state index is 13.7. The first kappa shape index (κ1) is 14.4. The van der Waals surface area contributed by atoms with Gasteiger partial charge in [-0.15, -0.1) is 0 Å². The van der Waals surface area contributed by atoms with Crippen molar-refractivity contribution in [2.45, 2.75) is 25.4 Å². The molecule has 1 fully saturated rings. The van der Waals surface area contributed by atoms with Gasteiger partial charge in [-0.1, -0.05) is 22.8 Å². The summed E-state index contributed by atoms with van der Waals surface area (Å²) < 4.78 is 24.1. The van der Waals surface area contributed by atoms with Crippen LogP contribution in [0.2, 0.25) is 5.02 Å². The van der Waals surface area contributed by atoms with Gasteiger partial charge in [0.1, 0.15) is 5.82 Å². The normalized spacial score (nSPS) is 19.9. The molecule has 0 bridgehead atoms. The van der Waals surface area contributed by atoms with Crippen LogP contribution in [0.4, 0.5) is 4.39 Å². The van der Waals surface area contributed by atoms with E-state index in [4.69, 9.17) is 20.9 Å². The molecular weight excluding hydrogens is 297 g/mol. The Kier molecular flexibility index (Phi) is 4.19. The minimum Gasteiger partial charge on any atom is -0.380 e. The van der Waals surface area contributed by atoms with Gasteiger partial charge in [0.2, 0.25) is 5.89 Å². The molecule has 2 heterocycles. The summed E-state index contributed by atoms with van der Waals surface area (Å²) in [6.45, 7) is 3.04. The molecule has 2 aromatic rings. The number of nitrogens with one attached hydrogen (secondary N) is 1. The van der Waals surface area contributed by atoms with Crippen LogP contribution in [0, 0.1) is 12.7 Å². The Bertz CT molecular complexity index is 628. The van der Waals surface area contributed by atoms with Gasteiger partial charge in [0.25, 0.3) is 0 Å². The lowest BCUT2D eigenvalue weighted by Crippen LogP contribution is -2.34. The largest absolute Gasteiger partial charge is 0.380 e. The Morgan fingerprint density at radius 3 is 2.95 bits per heavy atom. The van der Waals surface area contributed by atoms with Crippen molar-refractivity contribution in [1.29, 1.82) is 0 Å². The smallest absolute Gasteiger partial charge is 0.223 e. The third kappa shape index (κ3) is 3.23. The average Bonchev–Trinajstić information content (AvgIpc) is 3.11. The Balaban J connectivity index is 1.92. The van der Waals surface area contributed by atoms with Gasteiger partial charge < -0.3 is 9.26 Å². The van der Waals surface area contributed by atoms with Crippen LogP contribution in [-0.2, 0) is 4.74 Å². The molecule has 1 aliphatic rings. The molecule has 0 amide bonds. The van der Waals surface area contributed by atoms with E-state index in [2.05, 4.69) is 15.5 Å². The predicted molar refractivity (Wildman–Crippen MR) is 74.6 cm³/mol. The number of aromatic nitrogens is 2. The highest BCUT2D eigenvalue weighted by Crippen LogP contribution is 2.25. The van der Waals surface area contributed by atoms with Crippen LogP contribution in [0.1, 0.15) is 29.7 Å². The molecule has 0 spiro atoms. The summed E-state index contributed by atoms with van der Waals surface area (Å²) in [5.41, 5.74) is 0.699. The van der Waals surface area contributed by atoms with E-state index in [0.717, 1.165) is 6.42 Å². The zero-order valence-corrected chi connectivity index (χ0v) is 12.2. The first-order valence-electron chi connectivity index (χ1n) is 6.72. The summed E-state index contributed by atoms with van der Waals surface area (Å²) in [5.74, 6) is 0.471. The van der Waals surface area contributed by atoms with Crippen LogP contribution in [0.5, 0.6) is 0 Å². The molecule has 1 N–H and O–H groups in total. The first-order chi connectivity index (χ1) is 10.1. The molecule has 1 saturated heterocycles. The van der Waals surface area contributed by atoms with E-state index in [-0.39, 0.29) is 17.1 Å². The number of halogens is 2. The molecule has 112 valence electrons. The number of benzene rings is 1. The Morgan fingerprint density at radius 2 is 2.33 bits per heavy atom. The summed E-state index contributed by atoms with van der Waals surface area (Å²) in [7, 11) is 0. The van der Waals surface area contributed by atoms with Gasteiger partial charge in [-0.05, 0) is 24.1 Å². The number of hydrogen-bond donors (Lipinski definition) is 1. The van der Waals surface area contributed by atoms with Crippen LogP contribution in [-0.4, -0.2) is 29.4 Å². The third-order valence-electron chi connectivity index (χ3n) is 3.41. The number of rotatable bonds is 4. The molecule has 1 aromatic heterocycles. The van der Waals surface area contributed by atoms with Crippen molar-refractivity contribution >= 4 is 11.6 Å². The van der Waals surface area contributed by atoms with Crippen molar-refractivity contribution in [3.05, 3.63) is 46.3 Å². The van der Waals surface area contributed by atoms with E-state index in [1.165, 1.54) is 12.1 Å². The number of aryl methyl sites for hydroxylation is 1. The number of hydrogen-bond acceptors (Lipinski definition) is 5. The van der Waals surface area contributed by atoms with Gasteiger partial charge in [-0.2, -0.15) is 4.98 Å². The molecule has 3 rings (SSSR count). The molecule has 2 unspecified atom stereocenters. The second kappa shape index (κ2) is 6.09. The summed E-state index contributed by atoms with van der Waals surface area (Å²) in [4.78, 5) is 4.25. The molecule has 5 nitrogen and oxygen atoms in total. The molecule has 0 radical (unpaired) electrons. The van der Waals surface area contributed by atoms with Gasteiger partial charge in [-0.3, -0.25) is 5.32 Å². The van der Waals surface area contributed by atoms with Gasteiger partial charge >= 0.3 is 0 Å². The van der Waals surface area contributed by atoms with Gasteiger partial charge in [0.15, 0.2) is 5.82 Å². The van der Waals surface area contributed by atoms with Crippen LogP contribution in [0.15, 0.2) is 22.7 Å². The van der Waals surface area contributed by atoms with E-state index < -0.39 is 5.82 Å². The predicted octanol–water partition coefficient (Wildman–Crippen LogP) is 2.64. The van der Waals surface area contributed by atoms with Gasteiger partial charge in [0, 0.05) is 19.6 Å². The first-order valence-corrected chi connectivity index (χ1v) is 7.10. The third-order valence-corrected chi connectivity index (χ3v) is 3.72. The summed E-state index contributed by atoms with van der Waals surface area (Å²) >= 11 is 5.74. The average molecular weight is 312 g/mol. The SMILES string of the molecule is Cc1nc(C(NC2CCOC2)c2ccc(Cl)c(F)c2)no1. The van der Waals surface area contributed by atoms with Gasteiger partial charge in [-0.25, -0.2) is 4.39 Å². The van der Waals surface area contributed by atoms with E-state index in [9.17, 15) is 4.39 Å². The van der Waals surface area contributed by atoms with Crippen molar-refractivity contribution in [3.8, 4) is 0 Å². The lowest BCUT2D eigenvalue weighted by atomic mass is 10.0. The van der Waals surface area contributed by atoms with Crippen molar-refractivity contribution < 1.29 is 13.7 Å². The molecule has 0 saturated carbocycles. The number of nitrogens with zero attached hydrogens (tertiary/aromatic N) is 2. The molecular formula is C14H15ClFN3O2. The van der Waals surface area contributed by atoms with E-state index in [1.54, 1.807) is 13.0 Å². The zero-order chi connectivity index (χ0) is 14.8. The van der Waals surface area contributed by atoms with Gasteiger partial charge in [0.05, 0.1) is 17.7 Å². The van der Waals surface area contributed by atoms with Crippen molar-refractivity contribution in [1.82, 2.24) is 15.5 Å². The summed E-state index contributed by atoms with van der Waals surface area (Å²) in [6.07, 6.45) is 0.892. The lowest BCUT2D eigenvalue weighted by molar-refractivity contribution is 0.188. The van der Waals surface area contributed by atoms with Crippen molar-refractivity contribution in [2.75, 3.05) is 13.2 Å². The highest BCUT2D eigenvalue weighted by Gasteiger charge is 2.26. The Hall–Kier alpha value is -1.50. The second-order valence-corrected chi connectivity index (χ2v) is 5.41. The molecule has 7 heteroatoms. The maximum absolute atomic E-state index is 13.7. The van der Waals surface area contributed by atoms with Crippen LogP contribution >= 0.6 is 11.6 Å². The number of ether oxygens (including phenoxy) is 1. The van der Waals surface area contributed by atoms with E-state index in [0.29, 0.717) is 30.5 Å². The fourth-order valence-electron chi connectivity index (χ4n) is 2.35. The Morgan fingerprint density at radius 1 is 1.48 bits per heavy atom. The van der Waals surface area contributed by atoms with Crippen LogP contribution in [0.25, 0.3) is 0 Å². The van der Waals surface area contributed by atoms with Crippen molar-refractivity contribution in [2.24, 2.45) is 0 Å². The minimum absolute atomic E-state index is 0.0889. The maximum Gasteiger partial charge on any atom is 0.223 e. The van der Waals surface area contributed by atoms with Crippen LogP contribution < -0.4 is 5.32 Å². The highest BCUT2D eigenvalue weighted by atomic mass is 35.5. The zero-order valence-electron chi connectivity index (χ0n) is 11.5. The topological polar surface area (TPSA) is 60.2 Å². The highest BCUT2D eigenvalue weighted by molar-refractivity contribution is 6.30. The quantitative estimate of drug-likeness (QED) is 0.940. The lowest BCUT2D eigenvalue weighted by Gasteiger charge is -2.20. The molecule has 2 atom stereocenters. The standard InChI is InChI=1S/C14H15ClFN3O2/c1-8-17-14(19-21-8)13(18-10-4-5-20-7-10)9-2-3-11(15)12(16)6-9/h2-3,6,10,13,18H,4-5,7H2,1H3. The molecule has 0 aliphatic carbocycles. The fourth-order valence-corrected chi connectivity index (χ4v) is 2.46. The van der Waals surface area contributed by atoms with E-state index in [1.807, 2.05) is 0 Å². The fraction of sp³-hybridized carbons (Fsp3) is 0.429. The van der Waals surface area contributed by atoms with Crippen molar-refractivity contribution in [3.63, 3.8) is 0 Å². The Labute approximate surface area is 126 Å². The summed E-state index contributed by atoms with van der Waals surface area (Å²) in [6, 6.07) is 4.49. The second-order valence-electron chi connectivity index (χ2n) is 5.01. The van der Waals surface area contributed by atoms with Crippen LogP contribution in [0.3, 0.4) is 0 Å². The monoisotopic (exact) mass is 311 g/mol. The van der Waals surface area contributed by atoms with E-state index >= 15 is 0 Å². The molecule has 1 aliphatic heterocycles. The minimum atomic E-state index is -0.469. The molecule has 1 aromatic carbocycles. The summed E-state index contributed by atoms with van der Waals surface area (Å²) in [5, 5.41) is 7.42.